The van der Waals surface area contributed by atoms with Crippen LogP contribution in [-0.2, 0) is 0 Å². The summed E-state index contributed by atoms with van der Waals surface area (Å²) in [5.41, 5.74) is 0. The molecule has 0 amide bonds. The molecule has 12 heavy (non-hydrogen) atoms. The van der Waals surface area contributed by atoms with Crippen molar-refractivity contribution in [1.82, 2.24) is 4.90 Å². The van der Waals surface area contributed by atoms with Gasteiger partial charge in [-0.1, -0.05) is 26.7 Å². The highest BCUT2D eigenvalue weighted by Crippen LogP contribution is 1.99. The third-order valence-electron chi connectivity index (χ3n) is 2.10. The second-order valence-electron chi connectivity index (χ2n) is 3.34. The predicted molar refractivity (Wildman–Crippen MR) is 60.8 cm³/mol. The number of rotatable bonds is 8. The zero-order valence-electron chi connectivity index (χ0n) is 8.68. The first-order valence-corrected chi connectivity index (χ1v) is 6.09. The summed E-state index contributed by atoms with van der Waals surface area (Å²) in [6.07, 6.45) is 6.56. The normalized spacial score (nSPS) is 11.0. The Morgan fingerprint density at radius 1 is 0.917 bits per heavy atom. The van der Waals surface area contributed by atoms with Gasteiger partial charge in [-0.15, -0.1) is 9.24 Å². The van der Waals surface area contributed by atoms with E-state index in [4.69, 9.17) is 0 Å². The zero-order valence-corrected chi connectivity index (χ0v) is 9.84. The van der Waals surface area contributed by atoms with Gasteiger partial charge in [0.25, 0.3) is 0 Å². The van der Waals surface area contributed by atoms with E-state index in [-0.39, 0.29) is 0 Å². The highest BCUT2D eigenvalue weighted by molar-refractivity contribution is 7.16. The van der Waals surface area contributed by atoms with Gasteiger partial charge in [0, 0.05) is 6.54 Å². The molecule has 1 nitrogen and oxygen atoms in total. The number of hydrogen-bond acceptors (Lipinski definition) is 1. The van der Waals surface area contributed by atoms with Gasteiger partial charge in [-0.25, -0.2) is 0 Å². The van der Waals surface area contributed by atoms with Crippen LogP contribution in [0.2, 0.25) is 0 Å². The largest absolute Gasteiger partial charge is 0.303 e. The minimum Gasteiger partial charge on any atom is -0.303 e. The molecule has 0 rings (SSSR count). The topological polar surface area (TPSA) is 3.24 Å². The van der Waals surface area contributed by atoms with Gasteiger partial charge in [0.05, 0.1) is 0 Å². The Hall–Kier alpha value is 0.390. The van der Waals surface area contributed by atoms with Crippen LogP contribution in [0.25, 0.3) is 0 Å². The molecule has 0 spiro atoms. The molecule has 0 aromatic carbocycles. The molecule has 0 bridgehead atoms. The molecule has 0 radical (unpaired) electrons. The third-order valence-corrected chi connectivity index (χ3v) is 2.36. The van der Waals surface area contributed by atoms with Gasteiger partial charge in [-0.05, 0) is 32.1 Å². The molecule has 0 saturated heterocycles. The number of hydrogen-bond donors (Lipinski definition) is 0. The molecule has 0 aromatic rings. The van der Waals surface area contributed by atoms with Crippen LogP contribution in [0, 0.1) is 0 Å². The van der Waals surface area contributed by atoms with Crippen LogP contribution >= 0.6 is 9.24 Å². The van der Waals surface area contributed by atoms with Crippen molar-refractivity contribution in [3.63, 3.8) is 0 Å². The lowest BCUT2D eigenvalue weighted by molar-refractivity contribution is 0.281. The smallest absolute Gasteiger partial charge is 0.00159 e. The van der Waals surface area contributed by atoms with E-state index in [0.717, 1.165) is 0 Å². The predicted octanol–water partition coefficient (Wildman–Crippen LogP) is 2.76. The van der Waals surface area contributed by atoms with Crippen LogP contribution in [0.15, 0.2) is 0 Å². The Labute approximate surface area is 80.1 Å². The second-order valence-corrected chi connectivity index (χ2v) is 3.91. The van der Waals surface area contributed by atoms with E-state index in [2.05, 4.69) is 28.0 Å². The Morgan fingerprint density at radius 3 is 1.75 bits per heavy atom. The first-order chi connectivity index (χ1) is 5.85. The molecule has 74 valence electrons. The summed E-state index contributed by atoms with van der Waals surface area (Å²) in [6, 6.07) is 0. The molecule has 0 aliphatic rings. The average Bonchev–Trinajstić information content (AvgIpc) is 2.10. The molecule has 1 unspecified atom stereocenters. The minimum absolute atomic E-state index is 1.22. The van der Waals surface area contributed by atoms with E-state index >= 15 is 0 Å². The first-order valence-electron chi connectivity index (χ1n) is 5.27. The summed E-state index contributed by atoms with van der Waals surface area (Å²) in [5.74, 6) is 0. The number of unbranched alkanes of at least 4 members (excludes halogenated alkanes) is 2. The molecule has 0 heterocycles. The van der Waals surface area contributed by atoms with Crippen molar-refractivity contribution in [3.8, 4) is 0 Å². The van der Waals surface area contributed by atoms with Gasteiger partial charge < -0.3 is 4.90 Å². The van der Waals surface area contributed by atoms with E-state index < -0.39 is 0 Å². The van der Waals surface area contributed by atoms with Crippen molar-refractivity contribution < 1.29 is 0 Å². The minimum atomic E-state index is 1.22. The maximum Gasteiger partial charge on any atom is 0.00159 e. The van der Waals surface area contributed by atoms with E-state index in [1.165, 1.54) is 51.5 Å². The summed E-state index contributed by atoms with van der Waals surface area (Å²) in [7, 11) is 2.81. The van der Waals surface area contributed by atoms with Gasteiger partial charge in [-0.3, -0.25) is 0 Å². The van der Waals surface area contributed by atoms with E-state index in [9.17, 15) is 0 Å². The van der Waals surface area contributed by atoms with Gasteiger partial charge in [0.1, 0.15) is 0 Å². The SMILES string of the molecule is CCCCN(CCP)CCCC. The van der Waals surface area contributed by atoms with Crippen molar-refractivity contribution in [3.05, 3.63) is 0 Å². The maximum atomic E-state index is 2.81. The molecule has 0 aliphatic carbocycles. The highest BCUT2D eigenvalue weighted by atomic mass is 31.0. The molecule has 1 atom stereocenters. The van der Waals surface area contributed by atoms with Crippen LogP contribution in [0.1, 0.15) is 39.5 Å². The standard InChI is InChI=1S/C10H24NP/c1-3-5-7-11(9-10-12)8-6-4-2/h3-10,12H2,1-2H3. The fourth-order valence-corrected chi connectivity index (χ4v) is 1.65. The van der Waals surface area contributed by atoms with Crippen LogP contribution in [0.3, 0.4) is 0 Å². The fraction of sp³-hybridized carbons (Fsp3) is 1.00. The van der Waals surface area contributed by atoms with Crippen molar-refractivity contribution >= 4 is 9.24 Å². The van der Waals surface area contributed by atoms with Crippen LogP contribution < -0.4 is 0 Å². The quantitative estimate of drug-likeness (QED) is 0.531. The lowest BCUT2D eigenvalue weighted by atomic mass is 10.2. The first kappa shape index (κ1) is 12.4. The van der Waals surface area contributed by atoms with Crippen LogP contribution in [-0.4, -0.2) is 30.7 Å². The third kappa shape index (κ3) is 7.06. The monoisotopic (exact) mass is 189 g/mol. The van der Waals surface area contributed by atoms with E-state index in [0.29, 0.717) is 0 Å². The molecular formula is C10H24NP. The second kappa shape index (κ2) is 9.48. The van der Waals surface area contributed by atoms with Crippen LogP contribution in [0.4, 0.5) is 0 Å². The highest BCUT2D eigenvalue weighted by Gasteiger charge is 2.00. The summed E-state index contributed by atoms with van der Waals surface area (Å²) >= 11 is 0. The Kier molecular flexibility index (Phi) is 9.79. The maximum absolute atomic E-state index is 2.81. The number of nitrogens with zero attached hydrogens (tertiary/aromatic N) is 1. The van der Waals surface area contributed by atoms with Crippen molar-refractivity contribution in [1.29, 1.82) is 0 Å². The Balaban J connectivity index is 3.40. The molecule has 0 aromatic heterocycles. The van der Waals surface area contributed by atoms with E-state index in [1.807, 2.05) is 0 Å². The van der Waals surface area contributed by atoms with Gasteiger partial charge in [-0.2, -0.15) is 0 Å². The van der Waals surface area contributed by atoms with Crippen molar-refractivity contribution in [2.75, 3.05) is 25.8 Å². The summed E-state index contributed by atoms with van der Waals surface area (Å²) < 4.78 is 0. The van der Waals surface area contributed by atoms with Crippen molar-refractivity contribution in [2.45, 2.75) is 39.5 Å². The molecule has 0 saturated carbocycles. The average molecular weight is 189 g/mol. The summed E-state index contributed by atoms with van der Waals surface area (Å²) in [6.45, 7) is 8.37. The molecule has 0 aliphatic heterocycles. The molecular weight excluding hydrogens is 165 g/mol. The van der Waals surface area contributed by atoms with Gasteiger partial charge in [0.2, 0.25) is 0 Å². The Morgan fingerprint density at radius 2 is 1.42 bits per heavy atom. The fourth-order valence-electron chi connectivity index (χ4n) is 1.28. The summed E-state index contributed by atoms with van der Waals surface area (Å²) in [5, 5.41) is 0. The molecule has 2 heteroatoms. The van der Waals surface area contributed by atoms with Gasteiger partial charge in [0.15, 0.2) is 0 Å². The molecule has 0 fully saturated rings. The van der Waals surface area contributed by atoms with Gasteiger partial charge >= 0.3 is 0 Å². The molecule has 0 N–H and O–H groups in total. The Bertz CT molecular complexity index is 77.9. The summed E-state index contributed by atoms with van der Waals surface area (Å²) in [4.78, 5) is 2.58. The van der Waals surface area contributed by atoms with E-state index in [1.54, 1.807) is 0 Å². The lowest BCUT2D eigenvalue weighted by Crippen LogP contribution is -2.27. The van der Waals surface area contributed by atoms with Crippen LogP contribution in [0.5, 0.6) is 0 Å². The lowest BCUT2D eigenvalue weighted by Gasteiger charge is -2.20. The zero-order chi connectivity index (χ0) is 9.23. The van der Waals surface area contributed by atoms with Crippen molar-refractivity contribution in [2.24, 2.45) is 0 Å².